The van der Waals surface area contributed by atoms with E-state index in [9.17, 15) is 18.4 Å². The highest BCUT2D eigenvalue weighted by Crippen LogP contribution is 2.20. The standard InChI is InChI=1S/C25H27F2N3O2S/c1-3-12-29(25(32)28-22-10-9-20(26)14-21(22)27)17-24(31)30(15-19-7-5-4-6-8-19)16-23-18(2)11-13-33-23/h4-11,13-14H,3,12,15-17H2,1-2H3,(H,28,32). The lowest BCUT2D eigenvalue weighted by Crippen LogP contribution is -2.44. The molecule has 0 unspecified atom stereocenters. The molecule has 1 N–H and O–H groups in total. The molecule has 0 saturated carbocycles. The topological polar surface area (TPSA) is 52.7 Å². The number of aryl methyl sites for hydroxylation is 1. The van der Waals surface area contributed by atoms with E-state index in [-0.39, 0.29) is 18.1 Å². The summed E-state index contributed by atoms with van der Waals surface area (Å²) in [6.45, 7) is 4.90. The molecule has 5 nitrogen and oxygen atoms in total. The molecule has 174 valence electrons. The lowest BCUT2D eigenvalue weighted by Gasteiger charge is -2.28. The number of halogens is 2. The molecule has 0 bridgehead atoms. The number of urea groups is 1. The van der Waals surface area contributed by atoms with Gasteiger partial charge in [0.05, 0.1) is 12.2 Å². The Bertz CT molecular complexity index is 1090. The summed E-state index contributed by atoms with van der Waals surface area (Å²) in [5.41, 5.74) is 1.96. The molecule has 2 aromatic carbocycles. The summed E-state index contributed by atoms with van der Waals surface area (Å²) < 4.78 is 27.2. The molecule has 0 fully saturated rings. The molecule has 1 heterocycles. The summed E-state index contributed by atoms with van der Waals surface area (Å²) in [5.74, 6) is -1.81. The first-order chi connectivity index (χ1) is 15.9. The van der Waals surface area contributed by atoms with Crippen molar-refractivity contribution in [3.05, 3.63) is 87.6 Å². The second-order valence-electron chi connectivity index (χ2n) is 7.74. The number of anilines is 1. The van der Waals surface area contributed by atoms with Crippen molar-refractivity contribution in [2.24, 2.45) is 0 Å². The van der Waals surface area contributed by atoms with E-state index in [2.05, 4.69) is 5.32 Å². The molecule has 8 heteroatoms. The SMILES string of the molecule is CCCN(CC(=O)N(Cc1ccccc1)Cc1sccc1C)C(=O)Nc1ccc(F)cc1F. The predicted molar refractivity (Wildman–Crippen MR) is 127 cm³/mol. The molecule has 0 spiro atoms. The van der Waals surface area contributed by atoms with Crippen LogP contribution in [0, 0.1) is 18.6 Å². The predicted octanol–water partition coefficient (Wildman–Crippen LogP) is 5.81. The molecule has 0 radical (unpaired) electrons. The molecule has 0 aliphatic rings. The molecular weight excluding hydrogens is 444 g/mol. The quantitative estimate of drug-likeness (QED) is 0.428. The number of rotatable bonds is 9. The van der Waals surface area contributed by atoms with Crippen LogP contribution in [-0.4, -0.2) is 34.8 Å². The van der Waals surface area contributed by atoms with Crippen molar-refractivity contribution in [1.29, 1.82) is 0 Å². The van der Waals surface area contributed by atoms with Gasteiger partial charge in [-0.15, -0.1) is 11.3 Å². The van der Waals surface area contributed by atoms with Crippen LogP contribution < -0.4 is 5.32 Å². The Kier molecular flexibility index (Phi) is 8.54. The highest BCUT2D eigenvalue weighted by atomic mass is 32.1. The van der Waals surface area contributed by atoms with E-state index >= 15 is 0 Å². The fraction of sp³-hybridized carbons (Fsp3) is 0.280. The number of carbonyl (C=O) groups excluding carboxylic acids is 2. The van der Waals surface area contributed by atoms with Crippen molar-refractivity contribution >= 4 is 29.0 Å². The lowest BCUT2D eigenvalue weighted by atomic mass is 10.2. The van der Waals surface area contributed by atoms with Gasteiger partial charge in [-0.05, 0) is 48.1 Å². The Balaban J connectivity index is 1.76. The van der Waals surface area contributed by atoms with E-state index in [1.54, 1.807) is 16.2 Å². The maximum atomic E-state index is 14.0. The van der Waals surface area contributed by atoms with E-state index in [0.29, 0.717) is 32.1 Å². The van der Waals surface area contributed by atoms with Gasteiger partial charge in [0.1, 0.15) is 18.2 Å². The first-order valence-electron chi connectivity index (χ1n) is 10.7. The maximum absolute atomic E-state index is 14.0. The van der Waals surface area contributed by atoms with Crippen molar-refractivity contribution in [1.82, 2.24) is 9.80 Å². The summed E-state index contributed by atoms with van der Waals surface area (Å²) in [6.07, 6.45) is 0.620. The smallest absolute Gasteiger partial charge is 0.322 e. The summed E-state index contributed by atoms with van der Waals surface area (Å²) in [5, 5.41) is 4.44. The highest BCUT2D eigenvalue weighted by Gasteiger charge is 2.23. The molecule has 0 aliphatic carbocycles. The fourth-order valence-corrected chi connectivity index (χ4v) is 4.27. The average Bonchev–Trinajstić information content (AvgIpc) is 3.20. The third-order valence-electron chi connectivity index (χ3n) is 5.15. The van der Waals surface area contributed by atoms with Crippen molar-refractivity contribution in [2.75, 3.05) is 18.4 Å². The van der Waals surface area contributed by atoms with Crippen LogP contribution in [0.3, 0.4) is 0 Å². The molecule has 33 heavy (non-hydrogen) atoms. The number of hydrogen-bond donors (Lipinski definition) is 1. The van der Waals surface area contributed by atoms with E-state index in [0.717, 1.165) is 28.1 Å². The summed E-state index contributed by atoms with van der Waals surface area (Å²) in [7, 11) is 0. The zero-order chi connectivity index (χ0) is 23.8. The Labute approximate surface area is 196 Å². The monoisotopic (exact) mass is 471 g/mol. The van der Waals surface area contributed by atoms with E-state index in [4.69, 9.17) is 0 Å². The van der Waals surface area contributed by atoms with Gasteiger partial charge in [-0.1, -0.05) is 37.3 Å². The van der Waals surface area contributed by atoms with Crippen LogP contribution in [0.15, 0.2) is 60.0 Å². The molecule has 0 aliphatic heterocycles. The minimum Gasteiger partial charge on any atom is -0.332 e. The Morgan fingerprint density at radius 3 is 2.39 bits per heavy atom. The van der Waals surface area contributed by atoms with E-state index in [1.807, 2.05) is 55.6 Å². The van der Waals surface area contributed by atoms with Gasteiger partial charge in [-0.25, -0.2) is 13.6 Å². The number of thiophene rings is 1. The minimum absolute atomic E-state index is 0.134. The number of carbonyl (C=O) groups is 2. The van der Waals surface area contributed by atoms with Crippen LogP contribution in [0.4, 0.5) is 19.3 Å². The van der Waals surface area contributed by atoms with Crippen molar-refractivity contribution in [3.8, 4) is 0 Å². The zero-order valence-electron chi connectivity index (χ0n) is 18.7. The first-order valence-corrected chi connectivity index (χ1v) is 11.6. The molecule has 3 amide bonds. The average molecular weight is 472 g/mol. The zero-order valence-corrected chi connectivity index (χ0v) is 19.5. The van der Waals surface area contributed by atoms with Crippen LogP contribution in [0.25, 0.3) is 0 Å². The van der Waals surface area contributed by atoms with Crippen LogP contribution in [0.5, 0.6) is 0 Å². The van der Waals surface area contributed by atoms with Gasteiger partial charge in [0.25, 0.3) is 0 Å². The van der Waals surface area contributed by atoms with Crippen LogP contribution >= 0.6 is 11.3 Å². The largest absolute Gasteiger partial charge is 0.332 e. The number of nitrogens with zero attached hydrogens (tertiary/aromatic N) is 2. The third kappa shape index (κ3) is 6.86. The van der Waals surface area contributed by atoms with Gasteiger partial charge in [0.2, 0.25) is 5.91 Å². The van der Waals surface area contributed by atoms with Crippen LogP contribution in [0.2, 0.25) is 0 Å². The second-order valence-corrected chi connectivity index (χ2v) is 8.74. The third-order valence-corrected chi connectivity index (χ3v) is 6.16. The van der Waals surface area contributed by atoms with Crippen molar-refractivity contribution in [2.45, 2.75) is 33.4 Å². The summed E-state index contributed by atoms with van der Waals surface area (Å²) in [4.78, 5) is 30.3. The van der Waals surface area contributed by atoms with Gasteiger partial charge < -0.3 is 15.1 Å². The van der Waals surface area contributed by atoms with Crippen molar-refractivity contribution in [3.63, 3.8) is 0 Å². The number of benzene rings is 2. The molecule has 3 aromatic rings. The van der Waals surface area contributed by atoms with Gasteiger partial charge >= 0.3 is 6.03 Å². The Morgan fingerprint density at radius 2 is 1.76 bits per heavy atom. The second kappa shape index (κ2) is 11.6. The maximum Gasteiger partial charge on any atom is 0.322 e. The number of hydrogen-bond acceptors (Lipinski definition) is 3. The van der Waals surface area contributed by atoms with Crippen molar-refractivity contribution < 1.29 is 18.4 Å². The summed E-state index contributed by atoms with van der Waals surface area (Å²) >= 11 is 1.59. The minimum atomic E-state index is -0.870. The Hall–Kier alpha value is -3.26. The van der Waals surface area contributed by atoms with Gasteiger partial charge in [0.15, 0.2) is 0 Å². The molecule has 1 aromatic heterocycles. The van der Waals surface area contributed by atoms with E-state index in [1.165, 1.54) is 4.90 Å². The summed E-state index contributed by atoms with van der Waals surface area (Å²) in [6, 6.07) is 14.0. The highest BCUT2D eigenvalue weighted by molar-refractivity contribution is 7.10. The molecule has 0 atom stereocenters. The van der Waals surface area contributed by atoms with Crippen LogP contribution in [0.1, 0.15) is 29.3 Å². The van der Waals surface area contributed by atoms with Crippen LogP contribution in [-0.2, 0) is 17.9 Å². The fourth-order valence-electron chi connectivity index (χ4n) is 3.35. The molecule has 0 saturated heterocycles. The number of amides is 3. The van der Waals surface area contributed by atoms with Gasteiger partial charge in [0, 0.05) is 24.0 Å². The number of nitrogens with one attached hydrogen (secondary N) is 1. The van der Waals surface area contributed by atoms with Gasteiger partial charge in [-0.3, -0.25) is 4.79 Å². The Morgan fingerprint density at radius 1 is 1.00 bits per heavy atom. The molecular formula is C25H27F2N3O2S. The van der Waals surface area contributed by atoms with Gasteiger partial charge in [-0.2, -0.15) is 0 Å². The van der Waals surface area contributed by atoms with E-state index < -0.39 is 17.7 Å². The lowest BCUT2D eigenvalue weighted by molar-refractivity contribution is -0.133. The molecule has 3 rings (SSSR count). The normalized spacial score (nSPS) is 10.7. The first kappa shape index (κ1) is 24.4.